The van der Waals surface area contributed by atoms with Gasteiger partial charge in [0.25, 0.3) is 0 Å². The summed E-state index contributed by atoms with van der Waals surface area (Å²) < 4.78 is 3.68. The van der Waals surface area contributed by atoms with Crippen LogP contribution in [0, 0.1) is 0 Å². The van der Waals surface area contributed by atoms with Gasteiger partial charge in [0.15, 0.2) is 10.8 Å². The summed E-state index contributed by atoms with van der Waals surface area (Å²) in [6.07, 6.45) is -0.262. The van der Waals surface area contributed by atoms with Gasteiger partial charge >= 0.3 is 11.9 Å². The molecule has 0 aliphatic carbocycles. The first-order valence-electron chi connectivity index (χ1n) is 4.85. The molecule has 0 fully saturated rings. The Morgan fingerprint density at radius 1 is 1.56 bits per heavy atom. The van der Waals surface area contributed by atoms with Gasteiger partial charge in [-0.05, 0) is 13.8 Å². The van der Waals surface area contributed by atoms with Gasteiger partial charge in [0, 0.05) is 16.1 Å². The van der Waals surface area contributed by atoms with E-state index in [9.17, 15) is 9.59 Å². The van der Waals surface area contributed by atoms with Crippen LogP contribution in [-0.2, 0) is 25.1 Å². The summed E-state index contributed by atoms with van der Waals surface area (Å²) in [5, 5.41) is 19.0. The highest BCUT2D eigenvalue weighted by atomic mass is 32.2. The topological polar surface area (TPSA) is 135 Å². The van der Waals surface area contributed by atoms with E-state index in [0.29, 0.717) is 0 Å². The van der Waals surface area contributed by atoms with Gasteiger partial charge in [-0.3, -0.25) is 4.79 Å². The van der Waals surface area contributed by atoms with Crippen molar-refractivity contribution in [1.29, 1.82) is 0 Å². The average Bonchev–Trinajstić information content (AvgIpc) is 2.54. The highest BCUT2D eigenvalue weighted by Crippen LogP contribution is 2.17. The first-order chi connectivity index (χ1) is 8.22. The zero-order valence-corrected chi connectivity index (χ0v) is 10.6. The number of aliphatic carboxylic acids is 2. The van der Waals surface area contributed by atoms with Crippen LogP contribution in [0.15, 0.2) is 20.6 Å². The minimum atomic E-state index is -1.48. The summed E-state index contributed by atoms with van der Waals surface area (Å²) >= 11 is 0. The largest absolute Gasteiger partial charge is 0.481 e. The van der Waals surface area contributed by atoms with Crippen LogP contribution in [0.25, 0.3) is 0 Å². The Labute approximate surface area is 105 Å². The van der Waals surface area contributed by atoms with Crippen molar-refractivity contribution < 1.29 is 24.6 Å². The highest BCUT2D eigenvalue weighted by molar-refractivity contribution is 8.05. The van der Waals surface area contributed by atoms with Gasteiger partial charge in [0.2, 0.25) is 0 Å². The lowest BCUT2D eigenvalue weighted by Crippen LogP contribution is -2.33. The summed E-state index contributed by atoms with van der Waals surface area (Å²) in [5.74, 6) is -2.20. The van der Waals surface area contributed by atoms with Crippen molar-refractivity contribution in [3.63, 3.8) is 0 Å². The van der Waals surface area contributed by atoms with Crippen molar-refractivity contribution in [2.24, 2.45) is 15.3 Å². The van der Waals surface area contributed by atoms with Crippen molar-refractivity contribution in [1.82, 2.24) is 0 Å². The van der Waals surface area contributed by atoms with Gasteiger partial charge in [0.1, 0.15) is 0 Å². The van der Waals surface area contributed by atoms with Crippen molar-refractivity contribution in [3.8, 4) is 0 Å². The number of amidine groups is 1. The molecular weight excluding hydrogens is 262 g/mol. The molecule has 9 heteroatoms. The molecule has 0 radical (unpaired) electrons. The Morgan fingerprint density at radius 2 is 2.17 bits per heavy atom. The standard InChI is InChI=1S/C9H13N3O5S/c1-9(2,7(15)16)17-12-18-4-5(3-6(13)14)11-8(18)10/h4H,3H2,1-2H3,(H2,10,11)(H,13,14)(H,15,16). The molecule has 1 rings (SSSR count). The fraction of sp³-hybridized carbons (Fsp3) is 0.444. The maximum Gasteiger partial charge on any atom is 0.338 e. The molecule has 1 heterocycles. The number of hydrogen-bond acceptors (Lipinski definition) is 6. The molecule has 18 heavy (non-hydrogen) atoms. The third kappa shape index (κ3) is 3.64. The lowest BCUT2D eigenvalue weighted by Gasteiger charge is -2.15. The van der Waals surface area contributed by atoms with E-state index in [1.54, 1.807) is 0 Å². The maximum absolute atomic E-state index is 10.8. The van der Waals surface area contributed by atoms with E-state index >= 15 is 0 Å². The van der Waals surface area contributed by atoms with Crippen LogP contribution in [-0.4, -0.2) is 32.9 Å². The second-order valence-corrected chi connectivity index (χ2v) is 5.36. The zero-order chi connectivity index (χ0) is 13.9. The molecule has 8 nitrogen and oxygen atoms in total. The van der Waals surface area contributed by atoms with E-state index in [4.69, 9.17) is 20.8 Å². The highest BCUT2D eigenvalue weighted by Gasteiger charge is 2.29. The fourth-order valence-electron chi connectivity index (χ4n) is 0.872. The summed E-state index contributed by atoms with van der Waals surface area (Å²) in [5.41, 5.74) is 4.35. The molecule has 100 valence electrons. The molecule has 0 aromatic carbocycles. The average molecular weight is 275 g/mol. The van der Waals surface area contributed by atoms with Gasteiger partial charge in [-0.25, -0.2) is 14.6 Å². The Kier molecular flexibility index (Phi) is 4.19. The fourth-order valence-corrected chi connectivity index (χ4v) is 1.98. The predicted octanol–water partition coefficient (Wildman–Crippen LogP) is 0.227. The van der Waals surface area contributed by atoms with E-state index in [-0.39, 0.29) is 17.3 Å². The molecule has 0 saturated heterocycles. The van der Waals surface area contributed by atoms with Crippen molar-refractivity contribution in [2.45, 2.75) is 25.9 Å². The third-order valence-corrected chi connectivity index (χ3v) is 3.16. The Hall–Kier alpha value is -1.74. The van der Waals surface area contributed by atoms with Crippen molar-refractivity contribution >= 4 is 27.8 Å². The van der Waals surface area contributed by atoms with Gasteiger partial charge in [-0.1, -0.05) is 4.53 Å². The number of carboxylic acid groups (broad SMARTS) is 2. The first kappa shape index (κ1) is 14.3. The van der Waals surface area contributed by atoms with Crippen LogP contribution in [0.4, 0.5) is 0 Å². The smallest absolute Gasteiger partial charge is 0.338 e. The molecule has 4 N–H and O–H groups in total. The van der Waals surface area contributed by atoms with Crippen LogP contribution in [0.1, 0.15) is 20.3 Å². The van der Waals surface area contributed by atoms with Crippen molar-refractivity contribution in [3.05, 3.63) is 11.1 Å². The molecule has 1 aliphatic rings. The van der Waals surface area contributed by atoms with E-state index in [1.165, 1.54) is 19.3 Å². The van der Waals surface area contributed by atoms with E-state index in [1.807, 2.05) is 0 Å². The number of rotatable bonds is 5. The van der Waals surface area contributed by atoms with E-state index in [2.05, 4.69) is 9.52 Å². The summed E-state index contributed by atoms with van der Waals surface area (Å²) in [7, 11) is -1.04. The lowest BCUT2D eigenvalue weighted by atomic mass is 10.1. The number of nitrogens with zero attached hydrogens (tertiary/aromatic N) is 2. The van der Waals surface area contributed by atoms with Crippen LogP contribution < -0.4 is 5.73 Å². The van der Waals surface area contributed by atoms with Gasteiger partial charge in [-0.15, -0.1) is 0 Å². The first-order valence-corrected chi connectivity index (χ1v) is 6.09. The van der Waals surface area contributed by atoms with Crippen LogP contribution >= 0.6 is 0 Å². The van der Waals surface area contributed by atoms with Gasteiger partial charge in [0.05, 0.1) is 12.1 Å². The monoisotopic (exact) mass is 275 g/mol. The molecule has 0 aromatic rings. The molecule has 0 aromatic heterocycles. The number of nitrogens with two attached hydrogens (primary N) is 1. The SMILES string of the molecule is CC(C)(O/N=S1/C=C(CC(=O)O)N=C1N)C(=O)O. The molecule has 1 aliphatic heterocycles. The summed E-state index contributed by atoms with van der Waals surface area (Å²) in [4.78, 5) is 30.0. The minimum absolute atomic E-state index is 0.104. The Morgan fingerprint density at radius 3 is 2.67 bits per heavy atom. The molecule has 1 atom stereocenters. The van der Waals surface area contributed by atoms with Crippen LogP contribution in [0.3, 0.4) is 0 Å². The predicted molar refractivity (Wildman–Crippen MR) is 64.6 cm³/mol. The third-order valence-electron chi connectivity index (χ3n) is 1.91. The van der Waals surface area contributed by atoms with Crippen LogP contribution in [0.5, 0.6) is 0 Å². The number of carbonyl (C=O) groups is 2. The number of carboxylic acids is 2. The van der Waals surface area contributed by atoms with Crippen molar-refractivity contribution in [2.75, 3.05) is 0 Å². The maximum atomic E-state index is 10.8. The normalized spacial score (nSPS) is 19.6. The summed E-state index contributed by atoms with van der Waals surface area (Å²) in [6, 6.07) is 0. The second kappa shape index (κ2) is 5.27. The lowest BCUT2D eigenvalue weighted by molar-refractivity contribution is -0.160. The molecule has 0 amide bonds. The molecule has 0 bridgehead atoms. The molecule has 1 unspecified atom stereocenters. The second-order valence-electron chi connectivity index (χ2n) is 3.93. The Bertz CT molecular complexity index is 481. The Balaban J connectivity index is 2.80. The summed E-state index contributed by atoms with van der Waals surface area (Å²) in [6.45, 7) is 2.68. The molecular formula is C9H13N3O5S. The molecule has 0 saturated carbocycles. The zero-order valence-electron chi connectivity index (χ0n) is 9.78. The minimum Gasteiger partial charge on any atom is -0.481 e. The number of aliphatic imine (C=N–C) groups is 1. The quantitative estimate of drug-likeness (QED) is 0.614. The van der Waals surface area contributed by atoms with E-state index in [0.717, 1.165) is 0 Å². The van der Waals surface area contributed by atoms with Gasteiger partial charge in [-0.2, -0.15) is 0 Å². The molecule has 0 spiro atoms. The van der Waals surface area contributed by atoms with Crippen LogP contribution in [0.2, 0.25) is 0 Å². The number of hydrogen-bond donors (Lipinski definition) is 3. The van der Waals surface area contributed by atoms with E-state index < -0.39 is 28.2 Å². The van der Waals surface area contributed by atoms with Gasteiger partial charge < -0.3 is 15.9 Å².